The number of anilines is 1. The van der Waals surface area contributed by atoms with E-state index in [1.54, 1.807) is 0 Å². The quantitative estimate of drug-likeness (QED) is 0.909. The van der Waals surface area contributed by atoms with Gasteiger partial charge in [-0.2, -0.15) is 0 Å². The first-order valence-corrected chi connectivity index (χ1v) is 6.85. The maximum atomic E-state index is 9.17. The largest absolute Gasteiger partial charge is 0.396 e. The molecule has 100 valence electrons. The van der Waals surface area contributed by atoms with E-state index in [1.165, 1.54) is 6.42 Å². The first kappa shape index (κ1) is 12.3. The summed E-state index contributed by atoms with van der Waals surface area (Å²) in [4.78, 5) is 6.80. The van der Waals surface area contributed by atoms with Gasteiger partial charge in [0.05, 0.1) is 5.52 Å². The van der Waals surface area contributed by atoms with Crippen molar-refractivity contribution in [2.24, 2.45) is 0 Å². The maximum Gasteiger partial charge on any atom is 0.246 e. The highest BCUT2D eigenvalue weighted by Gasteiger charge is 2.24. The van der Waals surface area contributed by atoms with Gasteiger partial charge in [-0.3, -0.25) is 0 Å². The molecular weight excluding hydrogens is 240 g/mol. The second kappa shape index (κ2) is 5.48. The first-order valence-electron chi connectivity index (χ1n) is 6.85. The van der Waals surface area contributed by atoms with Crippen LogP contribution in [-0.2, 0) is 0 Å². The van der Waals surface area contributed by atoms with Gasteiger partial charge in [0.1, 0.15) is 5.52 Å². The minimum absolute atomic E-state index is 0.210. The zero-order valence-electron chi connectivity index (χ0n) is 10.9. The van der Waals surface area contributed by atoms with E-state index in [9.17, 15) is 5.11 Å². The molecule has 2 aromatic rings. The Labute approximate surface area is 112 Å². The number of piperidine rings is 1. The second-order valence-electron chi connectivity index (χ2n) is 4.96. The van der Waals surface area contributed by atoms with Crippen LogP contribution in [-0.4, -0.2) is 39.5 Å². The van der Waals surface area contributed by atoms with Gasteiger partial charge in [-0.15, -0.1) is 10.2 Å². The van der Waals surface area contributed by atoms with E-state index >= 15 is 0 Å². The number of fused-ring (bicyclic) bond motifs is 1. The molecule has 1 N–H and O–H groups in total. The lowest BCUT2D eigenvalue weighted by Crippen LogP contribution is -2.41. The molecule has 0 aliphatic carbocycles. The molecule has 19 heavy (non-hydrogen) atoms. The zero-order valence-corrected chi connectivity index (χ0v) is 10.9. The molecule has 1 aliphatic rings. The Hall–Kier alpha value is -1.75. The Morgan fingerprint density at radius 2 is 2.00 bits per heavy atom. The molecule has 1 fully saturated rings. The van der Waals surface area contributed by atoms with Crippen molar-refractivity contribution < 1.29 is 5.11 Å². The van der Waals surface area contributed by atoms with Crippen molar-refractivity contribution in [2.45, 2.75) is 31.7 Å². The molecule has 0 amide bonds. The molecule has 0 saturated carbocycles. The SMILES string of the molecule is OCCC1CCCCN1c1nnc2ccccc2n1. The van der Waals surface area contributed by atoms with Gasteiger partial charge < -0.3 is 10.0 Å². The van der Waals surface area contributed by atoms with Crippen LogP contribution in [0.25, 0.3) is 11.0 Å². The van der Waals surface area contributed by atoms with Crippen molar-refractivity contribution in [1.29, 1.82) is 0 Å². The van der Waals surface area contributed by atoms with Gasteiger partial charge in [-0.1, -0.05) is 12.1 Å². The van der Waals surface area contributed by atoms with Gasteiger partial charge in [0.2, 0.25) is 5.95 Å². The maximum absolute atomic E-state index is 9.17. The van der Waals surface area contributed by atoms with Crippen molar-refractivity contribution >= 4 is 17.0 Å². The van der Waals surface area contributed by atoms with Gasteiger partial charge in [0.15, 0.2) is 0 Å². The third-order valence-corrected chi connectivity index (χ3v) is 3.70. The standard InChI is InChI=1S/C14H18N4O/c19-10-8-11-5-3-4-9-18(11)14-15-12-6-1-2-7-13(12)16-17-14/h1-2,6-7,11,19H,3-5,8-10H2. The minimum atomic E-state index is 0.210. The fourth-order valence-electron chi connectivity index (χ4n) is 2.71. The smallest absolute Gasteiger partial charge is 0.246 e. The summed E-state index contributed by atoms with van der Waals surface area (Å²) in [7, 11) is 0. The molecular formula is C14H18N4O. The van der Waals surface area contributed by atoms with Crippen LogP contribution < -0.4 is 4.90 Å². The summed E-state index contributed by atoms with van der Waals surface area (Å²) in [6.45, 7) is 1.16. The highest BCUT2D eigenvalue weighted by atomic mass is 16.3. The van der Waals surface area contributed by atoms with Gasteiger partial charge in [-0.05, 0) is 37.8 Å². The van der Waals surface area contributed by atoms with E-state index in [-0.39, 0.29) is 6.61 Å². The molecule has 5 nitrogen and oxygen atoms in total. The number of hydrogen-bond acceptors (Lipinski definition) is 5. The fraction of sp³-hybridized carbons (Fsp3) is 0.500. The van der Waals surface area contributed by atoms with Gasteiger partial charge in [0, 0.05) is 19.2 Å². The number of rotatable bonds is 3. The summed E-state index contributed by atoms with van der Waals surface area (Å²) in [6, 6.07) is 8.11. The highest BCUT2D eigenvalue weighted by Crippen LogP contribution is 2.24. The molecule has 5 heteroatoms. The average molecular weight is 258 g/mol. The number of aliphatic hydroxyl groups excluding tert-OH is 1. The Balaban J connectivity index is 1.92. The molecule has 0 spiro atoms. The minimum Gasteiger partial charge on any atom is -0.396 e. The van der Waals surface area contributed by atoms with Crippen LogP contribution >= 0.6 is 0 Å². The number of benzene rings is 1. The Kier molecular flexibility index (Phi) is 3.55. The van der Waals surface area contributed by atoms with Gasteiger partial charge in [0.25, 0.3) is 0 Å². The molecule has 0 radical (unpaired) electrons. The summed E-state index contributed by atoms with van der Waals surface area (Å²) in [6.07, 6.45) is 4.23. The lowest BCUT2D eigenvalue weighted by atomic mass is 10.0. The summed E-state index contributed by atoms with van der Waals surface area (Å²) < 4.78 is 0. The van der Waals surface area contributed by atoms with Crippen molar-refractivity contribution in [3.8, 4) is 0 Å². The lowest BCUT2D eigenvalue weighted by molar-refractivity contribution is 0.261. The van der Waals surface area contributed by atoms with Crippen molar-refractivity contribution in [3.05, 3.63) is 24.3 Å². The van der Waals surface area contributed by atoms with Gasteiger partial charge >= 0.3 is 0 Å². The lowest BCUT2D eigenvalue weighted by Gasteiger charge is -2.35. The number of hydrogen-bond donors (Lipinski definition) is 1. The number of aromatic nitrogens is 3. The zero-order chi connectivity index (χ0) is 13.1. The monoisotopic (exact) mass is 258 g/mol. The van der Waals surface area contributed by atoms with Crippen LogP contribution in [0.15, 0.2) is 24.3 Å². The number of para-hydroxylation sites is 1. The highest BCUT2D eigenvalue weighted by molar-refractivity contribution is 5.74. The van der Waals surface area contributed by atoms with Crippen LogP contribution in [0.1, 0.15) is 25.7 Å². The van der Waals surface area contributed by atoms with E-state index in [4.69, 9.17) is 0 Å². The molecule has 1 aliphatic heterocycles. The molecule has 0 bridgehead atoms. The molecule has 3 rings (SSSR count). The number of aliphatic hydroxyl groups is 1. The van der Waals surface area contributed by atoms with Crippen molar-refractivity contribution in [2.75, 3.05) is 18.1 Å². The van der Waals surface area contributed by atoms with Crippen LogP contribution in [0.2, 0.25) is 0 Å². The number of nitrogens with zero attached hydrogens (tertiary/aromatic N) is 4. The van der Waals surface area contributed by atoms with E-state index in [0.717, 1.165) is 36.8 Å². The first-order chi connectivity index (χ1) is 9.38. The third-order valence-electron chi connectivity index (χ3n) is 3.70. The Morgan fingerprint density at radius 1 is 1.16 bits per heavy atom. The Bertz CT molecular complexity index is 558. The molecule has 1 saturated heterocycles. The summed E-state index contributed by atoms with van der Waals surface area (Å²) in [5.41, 5.74) is 1.70. The fourth-order valence-corrected chi connectivity index (χ4v) is 2.71. The van der Waals surface area contributed by atoms with Crippen molar-refractivity contribution in [3.63, 3.8) is 0 Å². The molecule has 1 aromatic heterocycles. The van der Waals surface area contributed by atoms with Crippen LogP contribution in [0.4, 0.5) is 5.95 Å². The summed E-state index contributed by atoms with van der Waals surface area (Å²) >= 11 is 0. The summed E-state index contributed by atoms with van der Waals surface area (Å²) in [5.74, 6) is 0.692. The molecule has 1 unspecified atom stereocenters. The average Bonchev–Trinajstić information content (AvgIpc) is 2.48. The van der Waals surface area contributed by atoms with E-state index in [2.05, 4.69) is 20.1 Å². The Morgan fingerprint density at radius 3 is 2.84 bits per heavy atom. The van der Waals surface area contributed by atoms with Gasteiger partial charge in [-0.25, -0.2) is 4.98 Å². The van der Waals surface area contributed by atoms with E-state index < -0.39 is 0 Å². The molecule has 1 aromatic carbocycles. The van der Waals surface area contributed by atoms with E-state index in [0.29, 0.717) is 12.0 Å². The van der Waals surface area contributed by atoms with E-state index in [1.807, 2.05) is 24.3 Å². The van der Waals surface area contributed by atoms with Crippen molar-refractivity contribution in [1.82, 2.24) is 15.2 Å². The topological polar surface area (TPSA) is 62.1 Å². The third kappa shape index (κ3) is 2.51. The normalized spacial score (nSPS) is 19.8. The van der Waals surface area contributed by atoms with Crippen LogP contribution in [0, 0.1) is 0 Å². The van der Waals surface area contributed by atoms with Crippen LogP contribution in [0.5, 0.6) is 0 Å². The molecule has 1 atom stereocenters. The van der Waals surface area contributed by atoms with Crippen LogP contribution in [0.3, 0.4) is 0 Å². The summed E-state index contributed by atoms with van der Waals surface area (Å²) in [5, 5.41) is 17.7. The predicted molar refractivity (Wildman–Crippen MR) is 74.0 cm³/mol. The second-order valence-corrected chi connectivity index (χ2v) is 4.96. The predicted octanol–water partition coefficient (Wildman–Crippen LogP) is 1.77. The molecule has 2 heterocycles.